The van der Waals surface area contributed by atoms with Crippen molar-refractivity contribution in [2.75, 3.05) is 5.73 Å². The van der Waals surface area contributed by atoms with Crippen molar-refractivity contribution in [1.29, 1.82) is 0 Å². The van der Waals surface area contributed by atoms with E-state index in [9.17, 15) is 0 Å². The van der Waals surface area contributed by atoms with Crippen LogP contribution in [0.25, 0.3) is 0 Å². The molecule has 1 fully saturated rings. The van der Waals surface area contributed by atoms with Gasteiger partial charge in [0.05, 0.1) is 11.2 Å². The average molecular weight is 342 g/mol. The zero-order valence-corrected chi connectivity index (χ0v) is 15.2. The largest absolute Gasteiger partial charge is 0.496 e. The molecule has 0 amide bonds. The molecular weight excluding hydrogens is 319 g/mol. The van der Waals surface area contributed by atoms with Crippen LogP contribution in [0.1, 0.15) is 46.3 Å². The van der Waals surface area contributed by atoms with Gasteiger partial charge >= 0.3 is 7.12 Å². The van der Waals surface area contributed by atoms with E-state index in [4.69, 9.17) is 19.8 Å². The lowest BCUT2D eigenvalue weighted by Crippen LogP contribution is -2.41. The van der Waals surface area contributed by atoms with Crippen molar-refractivity contribution >= 4 is 18.4 Å². The van der Waals surface area contributed by atoms with Crippen LogP contribution >= 0.6 is 0 Å². The molecule has 132 valence electrons. The number of pyridine rings is 1. The molecule has 8 heteroatoms. The van der Waals surface area contributed by atoms with Gasteiger partial charge in [0, 0.05) is 29.6 Å². The van der Waals surface area contributed by atoms with Crippen molar-refractivity contribution in [1.82, 2.24) is 15.0 Å². The fourth-order valence-corrected chi connectivity index (χ4v) is 2.45. The van der Waals surface area contributed by atoms with Gasteiger partial charge in [0.2, 0.25) is 0 Å². The number of nitrogen functional groups attached to an aromatic ring is 1. The minimum Gasteiger partial charge on any atom is -0.482 e. The van der Waals surface area contributed by atoms with Crippen LogP contribution in [-0.2, 0) is 9.31 Å². The van der Waals surface area contributed by atoms with Crippen LogP contribution in [0.3, 0.4) is 0 Å². The SMILES string of the molecule is C[C@H](Oc1cc(B2OC(C)(C)C(C)(C)O2)cnc1N)c1cncnc1. The maximum absolute atomic E-state index is 6.06. The Bertz CT molecular complexity index is 739. The normalized spacial score (nSPS) is 19.6. The summed E-state index contributed by atoms with van der Waals surface area (Å²) >= 11 is 0. The molecule has 0 aromatic carbocycles. The Kier molecular flexibility index (Phi) is 4.42. The molecule has 0 saturated carbocycles. The van der Waals surface area contributed by atoms with E-state index in [2.05, 4.69) is 15.0 Å². The van der Waals surface area contributed by atoms with Gasteiger partial charge in [0.1, 0.15) is 12.4 Å². The zero-order chi connectivity index (χ0) is 18.2. The van der Waals surface area contributed by atoms with Gasteiger partial charge in [-0.05, 0) is 40.7 Å². The van der Waals surface area contributed by atoms with Crippen molar-refractivity contribution in [3.8, 4) is 5.75 Å². The van der Waals surface area contributed by atoms with Crippen molar-refractivity contribution < 1.29 is 14.0 Å². The summed E-state index contributed by atoms with van der Waals surface area (Å²) in [5, 5.41) is 0. The van der Waals surface area contributed by atoms with E-state index < -0.39 is 18.3 Å². The third kappa shape index (κ3) is 3.45. The molecule has 0 unspecified atom stereocenters. The molecule has 0 spiro atoms. The summed E-state index contributed by atoms with van der Waals surface area (Å²) in [5.41, 5.74) is 6.74. The second-order valence-electron chi connectivity index (χ2n) is 7.17. The molecule has 0 aliphatic carbocycles. The molecule has 3 heterocycles. The molecule has 1 aliphatic heterocycles. The van der Waals surface area contributed by atoms with E-state index in [0.29, 0.717) is 11.6 Å². The number of hydrogen-bond acceptors (Lipinski definition) is 7. The van der Waals surface area contributed by atoms with Crippen molar-refractivity contribution in [3.63, 3.8) is 0 Å². The number of anilines is 1. The number of ether oxygens (including phenoxy) is 1. The Morgan fingerprint density at radius 1 is 1.08 bits per heavy atom. The van der Waals surface area contributed by atoms with Crippen LogP contribution in [0.15, 0.2) is 31.0 Å². The first kappa shape index (κ1) is 17.6. The van der Waals surface area contributed by atoms with E-state index in [1.807, 2.05) is 40.7 Å². The predicted molar refractivity (Wildman–Crippen MR) is 95.4 cm³/mol. The summed E-state index contributed by atoms with van der Waals surface area (Å²) in [6, 6.07) is 1.81. The second kappa shape index (κ2) is 6.27. The Labute approximate surface area is 148 Å². The summed E-state index contributed by atoms with van der Waals surface area (Å²) in [4.78, 5) is 12.2. The van der Waals surface area contributed by atoms with Gasteiger partial charge in [-0.15, -0.1) is 0 Å². The van der Waals surface area contributed by atoms with Crippen molar-refractivity contribution in [3.05, 3.63) is 36.5 Å². The van der Waals surface area contributed by atoms with E-state index in [-0.39, 0.29) is 6.10 Å². The Morgan fingerprint density at radius 2 is 1.68 bits per heavy atom. The van der Waals surface area contributed by atoms with Gasteiger partial charge in [-0.25, -0.2) is 15.0 Å². The minimum absolute atomic E-state index is 0.265. The van der Waals surface area contributed by atoms with Crippen LogP contribution in [0, 0.1) is 0 Å². The van der Waals surface area contributed by atoms with Crippen molar-refractivity contribution in [2.45, 2.75) is 51.9 Å². The van der Waals surface area contributed by atoms with Crippen LogP contribution in [0.5, 0.6) is 5.75 Å². The molecule has 1 aliphatic rings. The highest BCUT2D eigenvalue weighted by molar-refractivity contribution is 6.62. The lowest BCUT2D eigenvalue weighted by Gasteiger charge is -2.32. The molecule has 2 N–H and O–H groups in total. The number of nitrogens with two attached hydrogens (primary N) is 1. The fourth-order valence-electron chi connectivity index (χ4n) is 2.45. The van der Waals surface area contributed by atoms with Crippen LogP contribution in [0.4, 0.5) is 5.82 Å². The van der Waals surface area contributed by atoms with Gasteiger partial charge in [0.15, 0.2) is 11.6 Å². The Morgan fingerprint density at radius 3 is 2.28 bits per heavy atom. The molecule has 1 saturated heterocycles. The summed E-state index contributed by atoms with van der Waals surface area (Å²) in [7, 11) is -0.518. The monoisotopic (exact) mass is 342 g/mol. The smallest absolute Gasteiger partial charge is 0.482 e. The third-order valence-corrected chi connectivity index (χ3v) is 4.78. The van der Waals surface area contributed by atoms with Gasteiger partial charge in [-0.2, -0.15) is 0 Å². The molecule has 3 rings (SSSR count). The standard InChI is InChI=1S/C17H23BN4O3/c1-11(12-7-20-10-21-8-12)23-14-6-13(9-22-15(14)19)18-24-16(2,3)17(4,5)25-18/h6-11H,1-5H3,(H2,19,22)/t11-/m0/s1. The van der Waals surface area contributed by atoms with Crippen LogP contribution in [-0.4, -0.2) is 33.3 Å². The third-order valence-electron chi connectivity index (χ3n) is 4.78. The molecule has 2 aromatic heterocycles. The number of hydrogen-bond donors (Lipinski definition) is 1. The van der Waals surface area contributed by atoms with E-state index in [1.54, 1.807) is 18.6 Å². The first-order chi connectivity index (χ1) is 11.7. The number of aromatic nitrogens is 3. The van der Waals surface area contributed by atoms with Gasteiger partial charge in [-0.1, -0.05) is 0 Å². The molecule has 25 heavy (non-hydrogen) atoms. The quantitative estimate of drug-likeness (QED) is 0.848. The van der Waals surface area contributed by atoms with E-state index in [1.165, 1.54) is 6.33 Å². The molecule has 1 atom stereocenters. The summed E-state index contributed by atoms with van der Waals surface area (Å²) in [6.45, 7) is 9.93. The summed E-state index contributed by atoms with van der Waals surface area (Å²) in [5.74, 6) is 0.785. The van der Waals surface area contributed by atoms with Gasteiger partial charge < -0.3 is 19.8 Å². The van der Waals surface area contributed by atoms with Gasteiger partial charge in [0.25, 0.3) is 0 Å². The van der Waals surface area contributed by atoms with Crippen LogP contribution < -0.4 is 15.9 Å². The Balaban J connectivity index is 1.82. The first-order valence-electron chi connectivity index (χ1n) is 8.22. The number of rotatable bonds is 4. The van der Waals surface area contributed by atoms with Gasteiger partial charge in [-0.3, -0.25) is 0 Å². The molecule has 2 aromatic rings. The molecular formula is C17H23BN4O3. The van der Waals surface area contributed by atoms with E-state index >= 15 is 0 Å². The summed E-state index contributed by atoms with van der Waals surface area (Å²) < 4.78 is 18.1. The highest BCUT2D eigenvalue weighted by Gasteiger charge is 2.52. The van der Waals surface area contributed by atoms with Crippen LogP contribution in [0.2, 0.25) is 0 Å². The van der Waals surface area contributed by atoms with Crippen molar-refractivity contribution in [2.24, 2.45) is 0 Å². The topological polar surface area (TPSA) is 92.4 Å². The maximum atomic E-state index is 6.06. The molecule has 0 bridgehead atoms. The highest BCUT2D eigenvalue weighted by atomic mass is 16.7. The lowest BCUT2D eigenvalue weighted by molar-refractivity contribution is 0.00578. The second-order valence-corrected chi connectivity index (χ2v) is 7.17. The minimum atomic E-state index is -0.518. The highest BCUT2D eigenvalue weighted by Crippen LogP contribution is 2.37. The number of nitrogens with zero attached hydrogens (tertiary/aromatic N) is 3. The Hall–Kier alpha value is -2.19. The molecule has 7 nitrogen and oxygen atoms in total. The predicted octanol–water partition coefficient (Wildman–Crippen LogP) is 1.89. The molecule has 0 radical (unpaired) electrons. The zero-order valence-electron chi connectivity index (χ0n) is 15.2. The van der Waals surface area contributed by atoms with E-state index in [0.717, 1.165) is 11.0 Å². The maximum Gasteiger partial charge on any atom is 0.496 e. The average Bonchev–Trinajstić information content (AvgIpc) is 2.78. The summed E-state index contributed by atoms with van der Waals surface area (Å²) in [6.07, 6.45) is 6.28. The lowest BCUT2D eigenvalue weighted by atomic mass is 9.80. The first-order valence-corrected chi connectivity index (χ1v) is 8.22. The fraction of sp³-hybridized carbons (Fsp3) is 0.471.